The summed E-state index contributed by atoms with van der Waals surface area (Å²) >= 11 is 4.81. The Morgan fingerprint density at radius 2 is 1.92 bits per heavy atom. The van der Waals surface area contributed by atoms with E-state index in [4.69, 9.17) is 18.1 Å². The van der Waals surface area contributed by atoms with Crippen LogP contribution >= 0.6 is 24.6 Å². The van der Waals surface area contributed by atoms with E-state index in [0.717, 1.165) is 0 Å². The molecule has 72 valence electrons. The van der Waals surface area contributed by atoms with E-state index in [1.165, 1.54) is 5.56 Å². The first kappa shape index (κ1) is 12.2. The van der Waals surface area contributed by atoms with Crippen molar-refractivity contribution in [2.45, 2.75) is 6.54 Å². The minimum absolute atomic E-state index is 0. The fourth-order valence-electron chi connectivity index (χ4n) is 0.829. The van der Waals surface area contributed by atoms with Gasteiger partial charge in [-0.25, -0.2) is 5.84 Å². The molecular formula is C8H12ClN3S. The van der Waals surface area contributed by atoms with Crippen molar-refractivity contribution in [2.24, 2.45) is 5.84 Å². The molecule has 1 aromatic rings. The molecule has 13 heavy (non-hydrogen) atoms. The minimum Gasteiger partial charge on any atom is -0.358 e. The fraction of sp³-hybridized carbons (Fsp3) is 0.125. The van der Waals surface area contributed by atoms with Crippen LogP contribution in [-0.4, -0.2) is 5.11 Å². The Kier molecular flexibility index (Phi) is 6.22. The maximum atomic E-state index is 5.08. The zero-order valence-corrected chi connectivity index (χ0v) is 8.62. The molecule has 0 fully saturated rings. The topological polar surface area (TPSA) is 50.1 Å². The normalized spacial score (nSPS) is 8.38. The van der Waals surface area contributed by atoms with E-state index in [0.29, 0.717) is 11.7 Å². The van der Waals surface area contributed by atoms with Crippen molar-refractivity contribution >= 4 is 29.7 Å². The van der Waals surface area contributed by atoms with Crippen molar-refractivity contribution in [2.75, 3.05) is 0 Å². The molecule has 0 aliphatic heterocycles. The molecule has 1 aromatic carbocycles. The second-order valence-electron chi connectivity index (χ2n) is 2.31. The van der Waals surface area contributed by atoms with Gasteiger partial charge in [-0.2, -0.15) is 0 Å². The Bertz CT molecular complexity index is 253. The van der Waals surface area contributed by atoms with Crippen molar-refractivity contribution in [1.29, 1.82) is 0 Å². The van der Waals surface area contributed by atoms with Gasteiger partial charge in [0, 0.05) is 6.54 Å². The van der Waals surface area contributed by atoms with Crippen LogP contribution < -0.4 is 16.6 Å². The first-order valence-corrected chi connectivity index (χ1v) is 4.02. The molecule has 0 amide bonds. The van der Waals surface area contributed by atoms with E-state index < -0.39 is 0 Å². The predicted molar refractivity (Wildman–Crippen MR) is 60.5 cm³/mol. The summed E-state index contributed by atoms with van der Waals surface area (Å²) in [5.41, 5.74) is 3.53. The van der Waals surface area contributed by atoms with Crippen LogP contribution in [0.3, 0.4) is 0 Å². The van der Waals surface area contributed by atoms with Gasteiger partial charge in [-0.15, -0.1) is 12.4 Å². The van der Waals surface area contributed by atoms with Crippen molar-refractivity contribution in [3.05, 3.63) is 35.9 Å². The highest BCUT2D eigenvalue weighted by atomic mass is 35.5. The molecule has 0 heterocycles. The van der Waals surface area contributed by atoms with Crippen LogP contribution in [0.15, 0.2) is 30.3 Å². The molecular weight excluding hydrogens is 206 g/mol. The summed E-state index contributed by atoms with van der Waals surface area (Å²) in [6, 6.07) is 9.98. The third kappa shape index (κ3) is 4.67. The minimum atomic E-state index is 0. The van der Waals surface area contributed by atoms with E-state index in [9.17, 15) is 0 Å². The number of nitrogens with one attached hydrogen (secondary N) is 2. The molecule has 0 atom stereocenters. The molecule has 0 aliphatic carbocycles. The third-order valence-electron chi connectivity index (χ3n) is 1.43. The summed E-state index contributed by atoms with van der Waals surface area (Å²) in [5.74, 6) is 5.08. The zero-order valence-electron chi connectivity index (χ0n) is 6.99. The molecule has 0 bridgehead atoms. The Balaban J connectivity index is 0.00000144. The lowest BCUT2D eigenvalue weighted by Crippen LogP contribution is -2.39. The van der Waals surface area contributed by atoms with Gasteiger partial charge < -0.3 is 10.7 Å². The molecule has 0 saturated carbocycles. The number of nitrogens with two attached hydrogens (primary N) is 1. The lowest BCUT2D eigenvalue weighted by Gasteiger charge is -2.05. The lowest BCUT2D eigenvalue weighted by atomic mass is 10.2. The zero-order chi connectivity index (χ0) is 8.81. The number of thiocarbonyl (C=S) groups is 1. The fourth-order valence-corrected chi connectivity index (χ4v) is 0.901. The summed E-state index contributed by atoms with van der Waals surface area (Å²) in [6.07, 6.45) is 0. The number of rotatable bonds is 2. The molecule has 0 unspecified atom stereocenters. The number of benzene rings is 1. The Morgan fingerprint density at radius 3 is 2.46 bits per heavy atom. The van der Waals surface area contributed by atoms with Crippen molar-refractivity contribution in [1.82, 2.24) is 10.7 Å². The van der Waals surface area contributed by atoms with E-state index in [1.54, 1.807) is 0 Å². The highest BCUT2D eigenvalue weighted by Gasteiger charge is 1.91. The van der Waals surface area contributed by atoms with E-state index in [2.05, 4.69) is 10.7 Å². The molecule has 0 radical (unpaired) electrons. The third-order valence-corrected chi connectivity index (χ3v) is 1.69. The Hall–Kier alpha value is -0.840. The molecule has 1 rings (SSSR count). The van der Waals surface area contributed by atoms with E-state index >= 15 is 0 Å². The molecule has 0 saturated heterocycles. The lowest BCUT2D eigenvalue weighted by molar-refractivity contribution is 0.866. The molecule has 0 spiro atoms. The second-order valence-corrected chi connectivity index (χ2v) is 2.72. The van der Waals surface area contributed by atoms with Gasteiger partial charge >= 0.3 is 0 Å². The van der Waals surface area contributed by atoms with Gasteiger partial charge in [0.25, 0.3) is 0 Å². The van der Waals surface area contributed by atoms with Gasteiger partial charge in [-0.3, -0.25) is 0 Å². The van der Waals surface area contributed by atoms with Gasteiger partial charge in [0.05, 0.1) is 0 Å². The summed E-state index contributed by atoms with van der Waals surface area (Å²) in [5, 5.41) is 3.40. The molecule has 4 N–H and O–H groups in total. The summed E-state index contributed by atoms with van der Waals surface area (Å²) in [7, 11) is 0. The van der Waals surface area contributed by atoms with Crippen molar-refractivity contribution in [3.63, 3.8) is 0 Å². The van der Waals surface area contributed by atoms with Crippen LogP contribution in [0.2, 0.25) is 0 Å². The average Bonchev–Trinajstić information content (AvgIpc) is 2.16. The number of hydrogen-bond donors (Lipinski definition) is 3. The summed E-state index contributed by atoms with van der Waals surface area (Å²) < 4.78 is 0. The number of halogens is 1. The first-order chi connectivity index (χ1) is 5.83. The van der Waals surface area contributed by atoms with Gasteiger partial charge in [-0.05, 0) is 17.8 Å². The van der Waals surface area contributed by atoms with E-state index in [1.807, 2.05) is 30.3 Å². The van der Waals surface area contributed by atoms with Crippen LogP contribution in [0.25, 0.3) is 0 Å². The van der Waals surface area contributed by atoms with Crippen LogP contribution in [0.4, 0.5) is 0 Å². The maximum absolute atomic E-state index is 5.08. The summed E-state index contributed by atoms with van der Waals surface area (Å²) in [6.45, 7) is 0.698. The molecule has 5 heteroatoms. The van der Waals surface area contributed by atoms with Gasteiger partial charge in [0.1, 0.15) is 0 Å². The smallest absolute Gasteiger partial charge is 0.180 e. The van der Waals surface area contributed by atoms with E-state index in [-0.39, 0.29) is 12.4 Å². The largest absolute Gasteiger partial charge is 0.358 e. The van der Waals surface area contributed by atoms with Crippen LogP contribution in [-0.2, 0) is 6.54 Å². The summed E-state index contributed by atoms with van der Waals surface area (Å²) in [4.78, 5) is 0. The quantitative estimate of drug-likeness (QED) is 0.392. The standard InChI is InChI=1S/C8H11N3S.ClH/c9-11-8(12)10-6-7-4-2-1-3-5-7;/h1-5H,6,9H2,(H2,10,11,12);1H. The number of hydrogen-bond acceptors (Lipinski definition) is 2. The van der Waals surface area contributed by atoms with Crippen molar-refractivity contribution < 1.29 is 0 Å². The van der Waals surface area contributed by atoms with Gasteiger partial charge in [0.15, 0.2) is 5.11 Å². The SMILES string of the molecule is Cl.NNC(=S)NCc1ccccc1. The Labute approximate surface area is 89.1 Å². The first-order valence-electron chi connectivity index (χ1n) is 3.61. The second kappa shape index (κ2) is 6.65. The average molecular weight is 218 g/mol. The highest BCUT2D eigenvalue weighted by molar-refractivity contribution is 7.80. The maximum Gasteiger partial charge on any atom is 0.180 e. The van der Waals surface area contributed by atoms with Gasteiger partial charge in [0.2, 0.25) is 0 Å². The molecule has 3 nitrogen and oxygen atoms in total. The van der Waals surface area contributed by atoms with Crippen LogP contribution in [0.5, 0.6) is 0 Å². The predicted octanol–water partition coefficient (Wildman–Crippen LogP) is 0.946. The number of hydrazine groups is 1. The Morgan fingerprint density at radius 1 is 1.31 bits per heavy atom. The molecule has 0 aliphatic rings. The monoisotopic (exact) mass is 217 g/mol. The highest BCUT2D eigenvalue weighted by Crippen LogP contribution is 1.96. The van der Waals surface area contributed by atoms with Crippen molar-refractivity contribution in [3.8, 4) is 0 Å². The van der Waals surface area contributed by atoms with Crippen LogP contribution in [0, 0.1) is 0 Å². The van der Waals surface area contributed by atoms with Crippen LogP contribution in [0.1, 0.15) is 5.56 Å². The molecule has 0 aromatic heterocycles. The van der Waals surface area contributed by atoms with Gasteiger partial charge in [-0.1, -0.05) is 30.3 Å².